The molecule has 100 valence electrons. The highest BCUT2D eigenvalue weighted by molar-refractivity contribution is 9.10. The number of nitrogens with one attached hydrogen (secondary N) is 1. The van der Waals surface area contributed by atoms with Gasteiger partial charge in [0.25, 0.3) is 5.56 Å². The number of carbonyl (C=O) groups is 1. The molecular weight excluding hydrogens is 324 g/mol. The lowest BCUT2D eigenvalue weighted by Gasteiger charge is -2.07. The van der Waals surface area contributed by atoms with Crippen LogP contribution in [0, 0.1) is 18.3 Å². The van der Waals surface area contributed by atoms with Crippen LogP contribution >= 0.6 is 15.9 Å². The van der Waals surface area contributed by atoms with Gasteiger partial charge in [-0.3, -0.25) is 4.79 Å². The molecule has 0 aliphatic carbocycles. The van der Waals surface area contributed by atoms with Crippen LogP contribution in [0.5, 0.6) is 0 Å². The summed E-state index contributed by atoms with van der Waals surface area (Å²) in [6.07, 6.45) is 0. The van der Waals surface area contributed by atoms with E-state index >= 15 is 0 Å². The highest BCUT2D eigenvalue weighted by atomic mass is 79.9. The van der Waals surface area contributed by atoms with Crippen molar-refractivity contribution in [2.45, 2.75) is 6.92 Å². The molecule has 20 heavy (non-hydrogen) atoms. The SMILES string of the molecule is Cc1cc(-c2ccc(C(=O)O)c(Br)c2)c(C#N)c(=O)[nH]1. The molecule has 0 bridgehead atoms. The predicted octanol–water partition coefficient (Wildman–Crippen LogP) is 2.68. The first-order chi connectivity index (χ1) is 9.43. The topological polar surface area (TPSA) is 93.9 Å². The highest BCUT2D eigenvalue weighted by Crippen LogP contribution is 2.27. The zero-order valence-corrected chi connectivity index (χ0v) is 12.0. The Labute approximate surface area is 122 Å². The average molecular weight is 333 g/mol. The smallest absolute Gasteiger partial charge is 0.336 e. The molecule has 1 aromatic carbocycles. The third kappa shape index (κ3) is 2.49. The van der Waals surface area contributed by atoms with Crippen molar-refractivity contribution in [3.63, 3.8) is 0 Å². The minimum atomic E-state index is -1.05. The summed E-state index contributed by atoms with van der Waals surface area (Å²) in [5.74, 6) is -1.05. The molecule has 1 heterocycles. The van der Waals surface area contributed by atoms with Gasteiger partial charge in [0.1, 0.15) is 11.6 Å². The van der Waals surface area contributed by atoms with Crippen LogP contribution in [0.25, 0.3) is 11.1 Å². The lowest BCUT2D eigenvalue weighted by atomic mass is 10.00. The number of aromatic amines is 1. The molecule has 2 rings (SSSR count). The molecule has 6 heteroatoms. The number of carboxylic acids is 1. The van der Waals surface area contributed by atoms with Crippen molar-refractivity contribution in [1.29, 1.82) is 5.26 Å². The van der Waals surface area contributed by atoms with E-state index in [2.05, 4.69) is 20.9 Å². The number of pyridine rings is 1. The van der Waals surface area contributed by atoms with E-state index in [0.29, 0.717) is 21.3 Å². The maximum atomic E-state index is 11.7. The molecule has 5 nitrogen and oxygen atoms in total. The Hall–Kier alpha value is -2.39. The van der Waals surface area contributed by atoms with Crippen LogP contribution in [0.15, 0.2) is 33.5 Å². The number of nitrogens with zero attached hydrogens (tertiary/aromatic N) is 1. The zero-order valence-electron chi connectivity index (χ0n) is 10.4. The van der Waals surface area contributed by atoms with Crippen LogP contribution in [0.4, 0.5) is 0 Å². The number of hydrogen-bond donors (Lipinski definition) is 2. The summed E-state index contributed by atoms with van der Waals surface area (Å²) >= 11 is 3.18. The minimum absolute atomic E-state index is 0.00516. The van der Waals surface area contributed by atoms with Crippen LogP contribution in [-0.2, 0) is 0 Å². The fraction of sp³-hybridized carbons (Fsp3) is 0.0714. The van der Waals surface area contributed by atoms with Crippen LogP contribution in [0.3, 0.4) is 0 Å². The van der Waals surface area contributed by atoms with Crippen LogP contribution in [0.1, 0.15) is 21.6 Å². The second-order valence-electron chi connectivity index (χ2n) is 4.18. The van der Waals surface area contributed by atoms with Gasteiger partial charge in [0.15, 0.2) is 0 Å². The quantitative estimate of drug-likeness (QED) is 0.883. The molecule has 0 atom stereocenters. The summed E-state index contributed by atoms with van der Waals surface area (Å²) < 4.78 is 0.393. The summed E-state index contributed by atoms with van der Waals surface area (Å²) in [5, 5.41) is 18.1. The van der Waals surface area contributed by atoms with Crippen molar-refractivity contribution >= 4 is 21.9 Å². The van der Waals surface area contributed by atoms with E-state index in [1.807, 2.05) is 6.07 Å². The van der Waals surface area contributed by atoms with Gasteiger partial charge in [0, 0.05) is 15.7 Å². The normalized spacial score (nSPS) is 10.1. The fourth-order valence-corrected chi connectivity index (χ4v) is 2.43. The molecule has 0 aliphatic heterocycles. The number of nitriles is 1. The van der Waals surface area contributed by atoms with Crippen molar-refractivity contribution in [1.82, 2.24) is 4.98 Å². The van der Waals surface area contributed by atoms with E-state index in [0.717, 1.165) is 0 Å². The highest BCUT2D eigenvalue weighted by Gasteiger charge is 2.13. The van der Waals surface area contributed by atoms with Gasteiger partial charge in [0.2, 0.25) is 0 Å². The van der Waals surface area contributed by atoms with Gasteiger partial charge < -0.3 is 10.1 Å². The fourth-order valence-electron chi connectivity index (χ4n) is 1.88. The van der Waals surface area contributed by atoms with Crippen LogP contribution < -0.4 is 5.56 Å². The van der Waals surface area contributed by atoms with Crippen LogP contribution in [-0.4, -0.2) is 16.1 Å². The van der Waals surface area contributed by atoms with Gasteiger partial charge >= 0.3 is 5.97 Å². The monoisotopic (exact) mass is 332 g/mol. The Morgan fingerprint density at radius 3 is 2.65 bits per heavy atom. The standard InChI is InChI=1S/C14H9BrN2O3/c1-7-4-10(11(6-16)13(18)17-7)8-2-3-9(14(19)20)12(15)5-8/h2-5H,1H3,(H,17,18)(H,19,20). The largest absolute Gasteiger partial charge is 0.478 e. The Kier molecular flexibility index (Phi) is 3.72. The van der Waals surface area contributed by atoms with Crippen LogP contribution in [0.2, 0.25) is 0 Å². The lowest BCUT2D eigenvalue weighted by Crippen LogP contribution is -2.12. The molecule has 0 saturated carbocycles. The number of aromatic carboxylic acids is 1. The summed E-state index contributed by atoms with van der Waals surface area (Å²) in [5.41, 5.74) is 1.38. The molecule has 1 aromatic heterocycles. The molecule has 2 N–H and O–H groups in total. The van der Waals surface area contributed by atoms with Gasteiger partial charge in [0.05, 0.1) is 5.56 Å². The van der Waals surface area contributed by atoms with E-state index in [-0.39, 0.29) is 11.1 Å². The molecule has 0 unspecified atom stereocenters. The second kappa shape index (κ2) is 5.31. The Morgan fingerprint density at radius 1 is 1.40 bits per heavy atom. The number of aromatic nitrogens is 1. The predicted molar refractivity (Wildman–Crippen MR) is 76.6 cm³/mol. The minimum Gasteiger partial charge on any atom is -0.478 e. The molecule has 0 saturated heterocycles. The summed E-state index contributed by atoms with van der Waals surface area (Å²) in [7, 11) is 0. The number of halogens is 1. The summed E-state index contributed by atoms with van der Waals surface area (Å²) in [6.45, 7) is 1.71. The van der Waals surface area contributed by atoms with E-state index in [1.54, 1.807) is 25.1 Å². The van der Waals surface area contributed by atoms with Gasteiger partial charge in [-0.1, -0.05) is 6.07 Å². The number of H-pyrrole nitrogens is 1. The second-order valence-corrected chi connectivity index (χ2v) is 5.04. The lowest BCUT2D eigenvalue weighted by molar-refractivity contribution is 0.0696. The molecule has 0 radical (unpaired) electrons. The van der Waals surface area contributed by atoms with Gasteiger partial charge in [-0.2, -0.15) is 5.26 Å². The molecule has 2 aromatic rings. The van der Waals surface area contributed by atoms with Gasteiger partial charge in [-0.15, -0.1) is 0 Å². The van der Waals surface area contributed by atoms with Gasteiger partial charge in [-0.05, 0) is 46.6 Å². The van der Waals surface area contributed by atoms with Gasteiger partial charge in [-0.25, -0.2) is 4.79 Å². The number of rotatable bonds is 2. The Morgan fingerprint density at radius 2 is 2.10 bits per heavy atom. The van der Waals surface area contributed by atoms with Crippen molar-refractivity contribution < 1.29 is 9.90 Å². The maximum absolute atomic E-state index is 11.7. The van der Waals surface area contributed by atoms with E-state index in [1.165, 1.54) is 6.07 Å². The first kappa shape index (κ1) is 14.0. The van der Waals surface area contributed by atoms with Crippen molar-refractivity contribution in [2.24, 2.45) is 0 Å². The van der Waals surface area contributed by atoms with Crippen molar-refractivity contribution in [3.05, 3.63) is 55.9 Å². The molecular formula is C14H9BrN2O3. The third-order valence-electron chi connectivity index (χ3n) is 2.79. The van der Waals surface area contributed by atoms with Crippen molar-refractivity contribution in [2.75, 3.05) is 0 Å². The zero-order chi connectivity index (χ0) is 14.9. The summed E-state index contributed by atoms with van der Waals surface area (Å²) in [6, 6.07) is 8.14. The molecule has 0 fully saturated rings. The number of aryl methyl sites for hydroxylation is 1. The first-order valence-electron chi connectivity index (χ1n) is 5.61. The average Bonchev–Trinajstić information content (AvgIpc) is 2.37. The third-order valence-corrected chi connectivity index (χ3v) is 3.45. The Balaban J connectivity index is 2.70. The van der Waals surface area contributed by atoms with E-state index in [9.17, 15) is 9.59 Å². The number of benzene rings is 1. The number of hydrogen-bond acceptors (Lipinski definition) is 3. The summed E-state index contributed by atoms with van der Waals surface area (Å²) in [4.78, 5) is 25.3. The molecule has 0 amide bonds. The first-order valence-corrected chi connectivity index (χ1v) is 6.40. The molecule has 0 aliphatic rings. The molecule has 0 spiro atoms. The van der Waals surface area contributed by atoms with E-state index < -0.39 is 11.5 Å². The number of carboxylic acid groups (broad SMARTS) is 1. The maximum Gasteiger partial charge on any atom is 0.336 e. The van der Waals surface area contributed by atoms with Crippen molar-refractivity contribution in [3.8, 4) is 17.2 Å². The Bertz CT molecular complexity index is 803. The van der Waals surface area contributed by atoms with E-state index in [4.69, 9.17) is 10.4 Å².